The highest BCUT2D eigenvalue weighted by atomic mass is 32.2. The molecule has 1 heterocycles. The molecule has 36 heavy (non-hydrogen) atoms. The van der Waals surface area contributed by atoms with Crippen molar-refractivity contribution in [2.75, 3.05) is 10.6 Å². The van der Waals surface area contributed by atoms with E-state index in [1.165, 1.54) is 0 Å². The van der Waals surface area contributed by atoms with E-state index >= 15 is 0 Å². The molecule has 8 heteroatoms. The van der Waals surface area contributed by atoms with Crippen LogP contribution in [-0.4, -0.2) is 27.0 Å². The number of para-hydroxylation sites is 1. The molecule has 0 spiro atoms. The number of benzene rings is 3. The number of amides is 1. The molecule has 4 aromatic rings. The SMILES string of the molecule is NC(=O)[C@H]1CCC[C@H]1Nc1nc(NCc2ccccc2Sc2ccccc2CO)nc2ccccc12. The summed E-state index contributed by atoms with van der Waals surface area (Å²) in [4.78, 5) is 23.6. The Morgan fingerprint density at radius 3 is 2.42 bits per heavy atom. The molecule has 184 valence electrons. The summed E-state index contributed by atoms with van der Waals surface area (Å²) >= 11 is 1.63. The molecule has 1 aliphatic rings. The molecule has 0 aliphatic heterocycles. The molecule has 1 saturated carbocycles. The Morgan fingerprint density at radius 2 is 1.64 bits per heavy atom. The lowest BCUT2D eigenvalue weighted by Crippen LogP contribution is -2.34. The first-order valence-corrected chi connectivity index (χ1v) is 12.9. The van der Waals surface area contributed by atoms with Crippen LogP contribution < -0.4 is 16.4 Å². The standard InChI is InChI=1S/C28H29N5O2S/c29-26(35)20-11-7-13-22(20)31-27-21-10-3-4-12-23(21)32-28(33-27)30-16-18-8-1-5-14-24(18)36-25-15-6-2-9-19(25)17-34/h1-6,8-10,12,14-15,20,22,34H,7,11,13,16-17H2,(H2,29,35)(H2,30,31,32,33)/t20-,22+/m0/s1. The molecule has 1 amide bonds. The zero-order chi connectivity index (χ0) is 24.9. The van der Waals surface area contributed by atoms with E-state index in [-0.39, 0.29) is 24.5 Å². The summed E-state index contributed by atoms with van der Waals surface area (Å²) in [7, 11) is 0. The normalized spacial score (nSPS) is 17.2. The van der Waals surface area contributed by atoms with E-state index in [0.717, 1.165) is 51.1 Å². The van der Waals surface area contributed by atoms with E-state index in [0.29, 0.717) is 18.3 Å². The highest BCUT2D eigenvalue weighted by Gasteiger charge is 2.32. The Hall–Kier alpha value is -3.62. The number of aliphatic hydroxyl groups excluding tert-OH is 1. The van der Waals surface area contributed by atoms with Gasteiger partial charge in [-0.3, -0.25) is 4.79 Å². The zero-order valence-corrected chi connectivity index (χ0v) is 20.7. The number of carbonyl (C=O) groups is 1. The van der Waals surface area contributed by atoms with Crippen molar-refractivity contribution in [2.45, 2.75) is 48.2 Å². The van der Waals surface area contributed by atoms with E-state index in [1.807, 2.05) is 60.7 Å². The maximum atomic E-state index is 11.9. The Kier molecular flexibility index (Phi) is 7.34. The number of anilines is 2. The van der Waals surface area contributed by atoms with Gasteiger partial charge in [0.05, 0.1) is 18.0 Å². The van der Waals surface area contributed by atoms with Gasteiger partial charge in [0.15, 0.2) is 0 Å². The molecule has 2 atom stereocenters. The second-order valence-corrected chi connectivity index (χ2v) is 10.0. The van der Waals surface area contributed by atoms with Crippen molar-refractivity contribution in [1.29, 1.82) is 0 Å². The molecule has 7 nitrogen and oxygen atoms in total. The summed E-state index contributed by atoms with van der Waals surface area (Å²) in [6.45, 7) is 0.539. The Morgan fingerprint density at radius 1 is 0.944 bits per heavy atom. The minimum absolute atomic E-state index is 0.00189. The van der Waals surface area contributed by atoms with Crippen molar-refractivity contribution in [2.24, 2.45) is 11.7 Å². The maximum absolute atomic E-state index is 11.9. The Bertz CT molecular complexity index is 1380. The van der Waals surface area contributed by atoms with Crippen molar-refractivity contribution in [1.82, 2.24) is 9.97 Å². The molecular formula is C28H29N5O2S. The molecule has 1 aromatic heterocycles. The van der Waals surface area contributed by atoms with Gasteiger partial charge in [-0.05, 0) is 48.2 Å². The molecule has 1 aliphatic carbocycles. The van der Waals surface area contributed by atoms with Crippen molar-refractivity contribution < 1.29 is 9.90 Å². The number of rotatable bonds is 9. The highest BCUT2D eigenvalue weighted by molar-refractivity contribution is 7.99. The average Bonchev–Trinajstić information content (AvgIpc) is 3.37. The Labute approximate surface area is 214 Å². The van der Waals surface area contributed by atoms with Crippen LogP contribution in [0.5, 0.6) is 0 Å². The molecular weight excluding hydrogens is 470 g/mol. The molecule has 3 aromatic carbocycles. The highest BCUT2D eigenvalue weighted by Crippen LogP contribution is 2.34. The van der Waals surface area contributed by atoms with E-state index in [9.17, 15) is 9.90 Å². The second kappa shape index (κ2) is 11.0. The lowest BCUT2D eigenvalue weighted by atomic mass is 10.0. The van der Waals surface area contributed by atoms with Crippen LogP contribution in [0, 0.1) is 5.92 Å². The van der Waals surface area contributed by atoms with Gasteiger partial charge in [-0.15, -0.1) is 0 Å². The largest absolute Gasteiger partial charge is 0.392 e. The van der Waals surface area contributed by atoms with Gasteiger partial charge in [0.2, 0.25) is 11.9 Å². The van der Waals surface area contributed by atoms with Gasteiger partial charge in [0, 0.05) is 27.8 Å². The van der Waals surface area contributed by atoms with Crippen molar-refractivity contribution in [3.05, 3.63) is 83.9 Å². The number of carbonyl (C=O) groups excluding carboxylic acids is 1. The van der Waals surface area contributed by atoms with Crippen LogP contribution in [0.25, 0.3) is 10.9 Å². The van der Waals surface area contributed by atoms with Crippen LogP contribution in [0.1, 0.15) is 30.4 Å². The third-order valence-electron chi connectivity index (χ3n) is 6.58. The van der Waals surface area contributed by atoms with Crippen LogP contribution in [0.15, 0.2) is 82.6 Å². The van der Waals surface area contributed by atoms with E-state index < -0.39 is 0 Å². The van der Waals surface area contributed by atoms with Crippen LogP contribution >= 0.6 is 11.8 Å². The third kappa shape index (κ3) is 5.29. The number of hydrogen-bond donors (Lipinski definition) is 4. The second-order valence-electron chi connectivity index (χ2n) is 8.93. The molecule has 0 saturated heterocycles. The molecule has 5 rings (SSSR count). The fraction of sp³-hybridized carbons (Fsp3) is 0.250. The summed E-state index contributed by atoms with van der Waals surface area (Å²) < 4.78 is 0. The molecule has 5 N–H and O–H groups in total. The third-order valence-corrected chi connectivity index (χ3v) is 7.82. The number of aliphatic hydroxyl groups is 1. The fourth-order valence-electron chi connectivity index (χ4n) is 4.69. The van der Waals surface area contributed by atoms with E-state index in [1.54, 1.807) is 11.8 Å². The van der Waals surface area contributed by atoms with Crippen LogP contribution in [-0.2, 0) is 17.9 Å². The summed E-state index contributed by atoms with van der Waals surface area (Å²) in [6, 6.07) is 23.9. The number of fused-ring (bicyclic) bond motifs is 1. The van der Waals surface area contributed by atoms with Crippen LogP contribution in [0.2, 0.25) is 0 Å². The predicted octanol–water partition coefficient (Wildman–Crippen LogP) is 4.95. The van der Waals surface area contributed by atoms with Gasteiger partial charge < -0.3 is 21.5 Å². The minimum atomic E-state index is -0.265. The van der Waals surface area contributed by atoms with E-state index in [2.05, 4.69) is 22.8 Å². The lowest BCUT2D eigenvalue weighted by Gasteiger charge is -2.20. The van der Waals surface area contributed by atoms with E-state index in [4.69, 9.17) is 15.7 Å². The molecule has 0 unspecified atom stereocenters. The number of nitrogens with two attached hydrogens (primary N) is 1. The van der Waals surface area contributed by atoms with Crippen LogP contribution in [0.3, 0.4) is 0 Å². The van der Waals surface area contributed by atoms with Crippen molar-refractivity contribution in [3.8, 4) is 0 Å². The summed E-state index contributed by atoms with van der Waals surface area (Å²) in [5.74, 6) is 0.764. The molecule has 0 bridgehead atoms. The molecule has 1 fully saturated rings. The predicted molar refractivity (Wildman–Crippen MR) is 144 cm³/mol. The number of nitrogens with zero attached hydrogens (tertiary/aromatic N) is 2. The van der Waals surface area contributed by atoms with Gasteiger partial charge >= 0.3 is 0 Å². The fourth-order valence-corrected chi connectivity index (χ4v) is 5.76. The van der Waals surface area contributed by atoms with Gasteiger partial charge in [-0.2, -0.15) is 4.98 Å². The minimum Gasteiger partial charge on any atom is -0.392 e. The Balaban J connectivity index is 1.39. The summed E-state index contributed by atoms with van der Waals surface area (Å²) in [6.07, 6.45) is 2.65. The first-order valence-electron chi connectivity index (χ1n) is 12.1. The van der Waals surface area contributed by atoms with Gasteiger partial charge in [-0.1, -0.05) is 66.7 Å². The quantitative estimate of drug-likeness (QED) is 0.258. The maximum Gasteiger partial charge on any atom is 0.225 e. The monoisotopic (exact) mass is 499 g/mol. The topological polar surface area (TPSA) is 113 Å². The average molecular weight is 500 g/mol. The number of primary amides is 1. The number of aromatic nitrogens is 2. The van der Waals surface area contributed by atoms with Gasteiger partial charge in [0.1, 0.15) is 5.82 Å². The molecule has 0 radical (unpaired) electrons. The first kappa shape index (κ1) is 24.1. The van der Waals surface area contributed by atoms with Crippen molar-refractivity contribution >= 4 is 40.3 Å². The smallest absolute Gasteiger partial charge is 0.225 e. The number of hydrogen-bond acceptors (Lipinski definition) is 7. The summed E-state index contributed by atoms with van der Waals surface area (Å²) in [5.41, 5.74) is 8.47. The lowest BCUT2D eigenvalue weighted by molar-refractivity contribution is -0.121. The first-order chi connectivity index (χ1) is 17.6. The zero-order valence-electron chi connectivity index (χ0n) is 19.9. The van der Waals surface area contributed by atoms with Crippen LogP contribution in [0.4, 0.5) is 11.8 Å². The van der Waals surface area contributed by atoms with Gasteiger partial charge in [0.25, 0.3) is 0 Å². The van der Waals surface area contributed by atoms with Gasteiger partial charge in [-0.25, -0.2) is 4.98 Å². The van der Waals surface area contributed by atoms with Crippen molar-refractivity contribution in [3.63, 3.8) is 0 Å². The number of nitrogens with one attached hydrogen (secondary N) is 2. The summed E-state index contributed by atoms with van der Waals surface area (Å²) in [5, 5.41) is 17.5.